The van der Waals surface area contributed by atoms with Crippen molar-refractivity contribution in [1.82, 2.24) is 0 Å². The maximum atomic E-state index is 5.72. The monoisotopic (exact) mass is 358 g/mol. The number of hydrogen-bond donors (Lipinski definition) is 0. The molecule has 2 rings (SSSR count). The summed E-state index contributed by atoms with van der Waals surface area (Å²) >= 11 is 0. The molecule has 1 heterocycles. The zero-order chi connectivity index (χ0) is 18.3. The van der Waals surface area contributed by atoms with Crippen LogP contribution in [0, 0.1) is 0 Å². The third-order valence-electron chi connectivity index (χ3n) is 5.08. The largest absolute Gasteiger partial charge is 0.491 e. The Bertz CT molecular complexity index is 468. The van der Waals surface area contributed by atoms with E-state index in [2.05, 4.69) is 19.1 Å². The van der Waals surface area contributed by atoms with Gasteiger partial charge in [-0.05, 0) is 25.0 Å². The highest BCUT2D eigenvalue weighted by molar-refractivity contribution is 5.21. The summed E-state index contributed by atoms with van der Waals surface area (Å²) in [5, 5.41) is 0. The predicted octanol–water partition coefficient (Wildman–Crippen LogP) is 7.09. The Kier molecular flexibility index (Phi) is 11.2. The normalized spacial score (nSPS) is 19.1. The van der Waals surface area contributed by atoms with Crippen molar-refractivity contribution in [3.05, 3.63) is 42.5 Å². The maximum absolute atomic E-state index is 5.72. The van der Waals surface area contributed by atoms with E-state index in [-0.39, 0.29) is 12.2 Å². The number of unbranched alkanes of at least 4 members (excludes halogenated alkanes) is 11. The van der Waals surface area contributed by atoms with E-state index >= 15 is 0 Å². The van der Waals surface area contributed by atoms with E-state index in [1.54, 1.807) is 0 Å². The molecule has 2 heteroatoms. The number of para-hydroxylation sites is 1. The van der Waals surface area contributed by atoms with Gasteiger partial charge in [0.05, 0.1) is 0 Å². The Morgan fingerprint density at radius 3 is 2.12 bits per heavy atom. The lowest BCUT2D eigenvalue weighted by molar-refractivity contribution is 0.261. The summed E-state index contributed by atoms with van der Waals surface area (Å²) in [6.07, 6.45) is 21.7. The van der Waals surface area contributed by atoms with E-state index in [1.165, 1.54) is 77.0 Å². The van der Waals surface area contributed by atoms with E-state index in [4.69, 9.17) is 9.47 Å². The Morgan fingerprint density at radius 1 is 0.846 bits per heavy atom. The van der Waals surface area contributed by atoms with E-state index in [1.807, 2.05) is 30.3 Å². The molecular weight excluding hydrogens is 320 g/mol. The molecule has 26 heavy (non-hydrogen) atoms. The van der Waals surface area contributed by atoms with Gasteiger partial charge in [0, 0.05) is 0 Å². The molecule has 1 saturated heterocycles. The third-order valence-corrected chi connectivity index (χ3v) is 5.08. The smallest absolute Gasteiger partial charge is 0.122 e. The van der Waals surface area contributed by atoms with Crippen molar-refractivity contribution in [3.8, 4) is 5.75 Å². The maximum Gasteiger partial charge on any atom is 0.122 e. The summed E-state index contributed by atoms with van der Waals surface area (Å²) in [4.78, 5) is 0. The second-order valence-electron chi connectivity index (χ2n) is 7.52. The first kappa shape index (κ1) is 21.0. The molecule has 0 bridgehead atoms. The molecule has 1 fully saturated rings. The van der Waals surface area contributed by atoms with Gasteiger partial charge in [0.2, 0.25) is 0 Å². The minimum absolute atomic E-state index is 0.240. The van der Waals surface area contributed by atoms with Crippen LogP contribution in [-0.2, 0) is 4.74 Å². The van der Waals surface area contributed by atoms with Crippen molar-refractivity contribution in [3.63, 3.8) is 0 Å². The molecule has 0 N–H and O–H groups in total. The zero-order valence-corrected chi connectivity index (χ0v) is 16.7. The van der Waals surface area contributed by atoms with Crippen LogP contribution >= 0.6 is 0 Å². The third kappa shape index (κ3) is 10.0. The van der Waals surface area contributed by atoms with Gasteiger partial charge in [-0.25, -0.2) is 0 Å². The van der Waals surface area contributed by atoms with Crippen molar-refractivity contribution in [2.45, 2.75) is 96.2 Å². The lowest BCUT2D eigenvalue weighted by Gasteiger charge is -2.02. The van der Waals surface area contributed by atoms with Crippen molar-refractivity contribution < 1.29 is 9.47 Å². The van der Waals surface area contributed by atoms with Gasteiger partial charge >= 0.3 is 0 Å². The fourth-order valence-electron chi connectivity index (χ4n) is 3.31. The van der Waals surface area contributed by atoms with Gasteiger partial charge in [0.15, 0.2) is 0 Å². The Hall–Kier alpha value is -1.28. The molecule has 2 unspecified atom stereocenters. The SMILES string of the molecule is CCCCCCCCCCCCCC=CC1OC1COc1ccccc1. The average molecular weight is 359 g/mol. The summed E-state index contributed by atoms with van der Waals surface area (Å²) in [5.74, 6) is 0.923. The first-order chi connectivity index (χ1) is 12.9. The summed E-state index contributed by atoms with van der Waals surface area (Å²) in [7, 11) is 0. The molecule has 0 aromatic heterocycles. The Balaban J connectivity index is 1.34. The molecule has 2 nitrogen and oxygen atoms in total. The van der Waals surface area contributed by atoms with E-state index in [0.29, 0.717) is 6.61 Å². The van der Waals surface area contributed by atoms with Crippen LogP contribution in [0.5, 0.6) is 5.75 Å². The van der Waals surface area contributed by atoms with Crippen LogP contribution in [0.3, 0.4) is 0 Å². The molecule has 0 aliphatic carbocycles. The Labute approximate surface area is 161 Å². The zero-order valence-electron chi connectivity index (χ0n) is 16.7. The van der Waals surface area contributed by atoms with Crippen molar-refractivity contribution in [2.75, 3.05) is 6.61 Å². The highest BCUT2D eigenvalue weighted by Gasteiger charge is 2.36. The van der Waals surface area contributed by atoms with E-state index in [9.17, 15) is 0 Å². The molecule has 2 atom stereocenters. The quantitative estimate of drug-likeness (QED) is 0.179. The summed E-state index contributed by atoms with van der Waals surface area (Å²) in [5.41, 5.74) is 0. The minimum atomic E-state index is 0.240. The summed E-state index contributed by atoms with van der Waals surface area (Å²) in [6, 6.07) is 9.96. The minimum Gasteiger partial charge on any atom is -0.491 e. The Morgan fingerprint density at radius 2 is 1.46 bits per heavy atom. The fourth-order valence-corrected chi connectivity index (χ4v) is 3.31. The number of hydrogen-bond acceptors (Lipinski definition) is 2. The average Bonchev–Trinajstić information content (AvgIpc) is 3.43. The topological polar surface area (TPSA) is 21.8 Å². The molecule has 0 amide bonds. The van der Waals surface area contributed by atoms with Crippen LogP contribution in [0.1, 0.15) is 84.0 Å². The van der Waals surface area contributed by atoms with Crippen LogP contribution in [0.2, 0.25) is 0 Å². The van der Waals surface area contributed by atoms with Gasteiger partial charge in [0.25, 0.3) is 0 Å². The van der Waals surface area contributed by atoms with Gasteiger partial charge in [-0.15, -0.1) is 0 Å². The van der Waals surface area contributed by atoms with Crippen LogP contribution in [0.15, 0.2) is 42.5 Å². The number of allylic oxidation sites excluding steroid dienone is 1. The highest BCUT2D eigenvalue weighted by Crippen LogP contribution is 2.25. The lowest BCUT2D eigenvalue weighted by atomic mass is 10.1. The van der Waals surface area contributed by atoms with Gasteiger partial charge < -0.3 is 9.47 Å². The molecule has 1 aromatic carbocycles. The second kappa shape index (κ2) is 13.9. The van der Waals surface area contributed by atoms with Crippen molar-refractivity contribution in [1.29, 1.82) is 0 Å². The van der Waals surface area contributed by atoms with Crippen molar-refractivity contribution in [2.24, 2.45) is 0 Å². The summed E-state index contributed by atoms with van der Waals surface area (Å²) in [6.45, 7) is 2.93. The fraction of sp³-hybridized carbons (Fsp3) is 0.667. The molecular formula is C24H38O2. The standard InChI is InChI=1S/C24H38O2/c1-2-3-4-5-6-7-8-9-10-11-12-13-17-20-23-24(26-23)21-25-22-18-15-14-16-19-22/h14-20,23-24H,2-13,21H2,1H3. The molecule has 0 spiro atoms. The number of benzene rings is 1. The van der Waals surface area contributed by atoms with Gasteiger partial charge in [-0.2, -0.15) is 0 Å². The predicted molar refractivity (Wildman–Crippen MR) is 111 cm³/mol. The molecule has 0 radical (unpaired) electrons. The summed E-state index contributed by atoms with van der Waals surface area (Å²) < 4.78 is 11.4. The number of epoxide rings is 1. The van der Waals surface area contributed by atoms with Gasteiger partial charge in [-0.3, -0.25) is 0 Å². The lowest BCUT2D eigenvalue weighted by Crippen LogP contribution is -2.06. The van der Waals surface area contributed by atoms with Crippen molar-refractivity contribution >= 4 is 0 Å². The molecule has 146 valence electrons. The van der Waals surface area contributed by atoms with Gasteiger partial charge in [-0.1, -0.05) is 101 Å². The number of rotatable bonds is 16. The van der Waals surface area contributed by atoms with Crippen LogP contribution in [0.25, 0.3) is 0 Å². The number of ether oxygens (including phenoxy) is 2. The second-order valence-corrected chi connectivity index (χ2v) is 7.52. The van der Waals surface area contributed by atoms with E-state index in [0.717, 1.165) is 5.75 Å². The van der Waals surface area contributed by atoms with E-state index < -0.39 is 0 Å². The molecule has 1 aliphatic rings. The molecule has 1 aromatic rings. The molecule has 1 aliphatic heterocycles. The van der Waals surface area contributed by atoms with Gasteiger partial charge in [0.1, 0.15) is 24.6 Å². The van der Waals surface area contributed by atoms with Crippen LogP contribution in [-0.4, -0.2) is 18.8 Å². The molecule has 0 saturated carbocycles. The van der Waals surface area contributed by atoms with Crippen LogP contribution in [0.4, 0.5) is 0 Å². The first-order valence-corrected chi connectivity index (χ1v) is 10.9. The first-order valence-electron chi connectivity index (χ1n) is 10.9. The highest BCUT2D eigenvalue weighted by atomic mass is 16.6. The van der Waals surface area contributed by atoms with Crippen LogP contribution < -0.4 is 4.74 Å².